The van der Waals surface area contributed by atoms with Gasteiger partial charge >= 0.3 is 6.18 Å². The third kappa shape index (κ3) is 4.95. The standard InChI is InChI=1S/C19H17F3N4O/c20-19(21,22)14-6-8-15(9-7-14)24-17-12-16(13-4-2-1-3-5-13)25-18(26-17)23-10-11-27/h1-9,12,27H,10-11H2,(H2,23,24,25,26). The van der Waals surface area contributed by atoms with Gasteiger partial charge in [0.15, 0.2) is 0 Å². The van der Waals surface area contributed by atoms with Crippen LogP contribution in [0.1, 0.15) is 5.56 Å². The number of nitrogens with one attached hydrogen (secondary N) is 2. The maximum absolute atomic E-state index is 12.7. The molecule has 0 fully saturated rings. The zero-order chi connectivity index (χ0) is 19.3. The van der Waals surface area contributed by atoms with Crippen LogP contribution in [-0.4, -0.2) is 28.2 Å². The van der Waals surface area contributed by atoms with Gasteiger partial charge in [-0.25, -0.2) is 4.98 Å². The lowest BCUT2D eigenvalue weighted by Gasteiger charge is -2.12. The molecule has 1 heterocycles. The fraction of sp³-hybridized carbons (Fsp3) is 0.158. The molecule has 27 heavy (non-hydrogen) atoms. The van der Waals surface area contributed by atoms with Crippen molar-refractivity contribution in [2.75, 3.05) is 23.8 Å². The van der Waals surface area contributed by atoms with Gasteiger partial charge in [-0.05, 0) is 24.3 Å². The third-order valence-electron chi connectivity index (χ3n) is 3.68. The van der Waals surface area contributed by atoms with Gasteiger partial charge in [0.05, 0.1) is 17.9 Å². The predicted octanol–water partition coefficient (Wildman–Crippen LogP) is 4.31. The zero-order valence-electron chi connectivity index (χ0n) is 14.2. The van der Waals surface area contributed by atoms with Crippen LogP contribution < -0.4 is 10.6 Å². The van der Waals surface area contributed by atoms with Gasteiger partial charge in [0.2, 0.25) is 5.95 Å². The molecule has 140 valence electrons. The molecular formula is C19H17F3N4O. The molecule has 0 saturated carbocycles. The number of benzene rings is 2. The predicted molar refractivity (Wildman–Crippen MR) is 97.8 cm³/mol. The SMILES string of the molecule is OCCNc1nc(Nc2ccc(C(F)(F)F)cc2)cc(-c2ccccc2)n1. The number of alkyl halides is 3. The zero-order valence-corrected chi connectivity index (χ0v) is 14.2. The maximum atomic E-state index is 12.7. The Hall–Kier alpha value is -3.13. The van der Waals surface area contributed by atoms with Gasteiger partial charge < -0.3 is 15.7 Å². The van der Waals surface area contributed by atoms with Crippen molar-refractivity contribution in [3.8, 4) is 11.3 Å². The molecule has 0 aliphatic heterocycles. The summed E-state index contributed by atoms with van der Waals surface area (Å²) >= 11 is 0. The Morgan fingerprint density at radius 1 is 0.926 bits per heavy atom. The van der Waals surface area contributed by atoms with Crippen molar-refractivity contribution in [2.45, 2.75) is 6.18 Å². The molecule has 0 bridgehead atoms. The Morgan fingerprint density at radius 2 is 1.63 bits per heavy atom. The Labute approximate surface area is 153 Å². The van der Waals surface area contributed by atoms with Crippen molar-refractivity contribution in [1.82, 2.24) is 9.97 Å². The average Bonchev–Trinajstić information content (AvgIpc) is 2.66. The largest absolute Gasteiger partial charge is 0.416 e. The van der Waals surface area contributed by atoms with Crippen molar-refractivity contribution >= 4 is 17.5 Å². The summed E-state index contributed by atoms with van der Waals surface area (Å²) in [7, 11) is 0. The van der Waals surface area contributed by atoms with Gasteiger partial charge in [-0.2, -0.15) is 18.2 Å². The molecule has 0 unspecified atom stereocenters. The molecule has 0 spiro atoms. The van der Waals surface area contributed by atoms with E-state index in [0.717, 1.165) is 17.7 Å². The van der Waals surface area contributed by atoms with Crippen LogP contribution in [0.25, 0.3) is 11.3 Å². The number of aromatic nitrogens is 2. The molecule has 0 atom stereocenters. The Kier molecular flexibility index (Phi) is 5.56. The first-order valence-electron chi connectivity index (χ1n) is 8.19. The first kappa shape index (κ1) is 18.7. The summed E-state index contributed by atoms with van der Waals surface area (Å²) in [5, 5.41) is 14.9. The van der Waals surface area contributed by atoms with Crippen molar-refractivity contribution < 1.29 is 18.3 Å². The fourth-order valence-electron chi connectivity index (χ4n) is 2.41. The molecule has 1 aromatic heterocycles. The lowest BCUT2D eigenvalue weighted by molar-refractivity contribution is -0.137. The molecule has 0 radical (unpaired) electrons. The van der Waals surface area contributed by atoms with Gasteiger partial charge in [-0.15, -0.1) is 0 Å². The number of hydrogen-bond acceptors (Lipinski definition) is 5. The van der Waals surface area contributed by atoms with E-state index in [4.69, 9.17) is 5.11 Å². The van der Waals surface area contributed by atoms with E-state index in [-0.39, 0.29) is 13.2 Å². The highest BCUT2D eigenvalue weighted by Crippen LogP contribution is 2.30. The Bertz CT molecular complexity index is 884. The second-order valence-corrected chi connectivity index (χ2v) is 5.68. The van der Waals surface area contributed by atoms with Crippen LogP contribution in [0, 0.1) is 0 Å². The van der Waals surface area contributed by atoms with Gasteiger partial charge in [-0.3, -0.25) is 0 Å². The molecule has 0 saturated heterocycles. The number of halogens is 3. The van der Waals surface area contributed by atoms with Crippen LogP contribution in [0.15, 0.2) is 60.7 Å². The Balaban J connectivity index is 1.89. The molecule has 8 heteroatoms. The highest BCUT2D eigenvalue weighted by atomic mass is 19.4. The van der Waals surface area contributed by atoms with Crippen LogP contribution in [-0.2, 0) is 6.18 Å². The van der Waals surface area contributed by atoms with Gasteiger partial charge in [0.25, 0.3) is 0 Å². The van der Waals surface area contributed by atoms with E-state index in [1.165, 1.54) is 12.1 Å². The van der Waals surface area contributed by atoms with E-state index in [2.05, 4.69) is 20.6 Å². The smallest absolute Gasteiger partial charge is 0.395 e. The number of aliphatic hydroxyl groups excluding tert-OH is 1. The molecule has 0 amide bonds. The summed E-state index contributed by atoms with van der Waals surface area (Å²) < 4.78 is 38.1. The molecule has 3 rings (SSSR count). The summed E-state index contributed by atoms with van der Waals surface area (Å²) in [4.78, 5) is 8.70. The topological polar surface area (TPSA) is 70.1 Å². The molecule has 3 N–H and O–H groups in total. The van der Waals surface area contributed by atoms with Crippen LogP contribution in [0.2, 0.25) is 0 Å². The average molecular weight is 374 g/mol. The monoisotopic (exact) mass is 374 g/mol. The third-order valence-corrected chi connectivity index (χ3v) is 3.68. The number of hydrogen-bond donors (Lipinski definition) is 3. The summed E-state index contributed by atoms with van der Waals surface area (Å²) in [6.07, 6.45) is -4.38. The van der Waals surface area contributed by atoms with Crippen LogP contribution in [0.5, 0.6) is 0 Å². The quantitative estimate of drug-likeness (QED) is 0.600. The molecular weight excluding hydrogens is 357 g/mol. The number of anilines is 3. The molecule has 5 nitrogen and oxygen atoms in total. The Morgan fingerprint density at radius 3 is 2.26 bits per heavy atom. The summed E-state index contributed by atoms with van der Waals surface area (Å²) in [5.41, 5.74) is 1.25. The van der Waals surface area contributed by atoms with E-state index in [0.29, 0.717) is 23.1 Å². The number of rotatable bonds is 6. The van der Waals surface area contributed by atoms with Crippen LogP contribution in [0.3, 0.4) is 0 Å². The van der Waals surface area contributed by atoms with E-state index in [1.54, 1.807) is 6.07 Å². The first-order valence-corrected chi connectivity index (χ1v) is 8.19. The van der Waals surface area contributed by atoms with Crippen molar-refractivity contribution in [2.24, 2.45) is 0 Å². The lowest BCUT2D eigenvalue weighted by Crippen LogP contribution is -2.10. The second kappa shape index (κ2) is 8.05. The van der Waals surface area contributed by atoms with Crippen molar-refractivity contribution in [3.05, 3.63) is 66.2 Å². The minimum absolute atomic E-state index is 0.0827. The highest BCUT2D eigenvalue weighted by Gasteiger charge is 2.29. The minimum Gasteiger partial charge on any atom is -0.395 e. The van der Waals surface area contributed by atoms with Gasteiger partial charge in [0, 0.05) is 23.9 Å². The van der Waals surface area contributed by atoms with Crippen molar-refractivity contribution in [1.29, 1.82) is 0 Å². The van der Waals surface area contributed by atoms with Crippen molar-refractivity contribution in [3.63, 3.8) is 0 Å². The molecule has 2 aromatic carbocycles. The van der Waals surface area contributed by atoms with Crippen LogP contribution >= 0.6 is 0 Å². The minimum atomic E-state index is -4.38. The van der Waals surface area contributed by atoms with E-state index >= 15 is 0 Å². The summed E-state index contributed by atoms with van der Waals surface area (Å²) in [6, 6.07) is 15.8. The van der Waals surface area contributed by atoms with E-state index in [9.17, 15) is 13.2 Å². The van der Waals surface area contributed by atoms with Gasteiger partial charge in [-0.1, -0.05) is 30.3 Å². The van der Waals surface area contributed by atoms with Crippen LogP contribution in [0.4, 0.5) is 30.6 Å². The highest BCUT2D eigenvalue weighted by molar-refractivity contribution is 5.67. The molecule has 3 aromatic rings. The van der Waals surface area contributed by atoms with E-state index < -0.39 is 11.7 Å². The lowest BCUT2D eigenvalue weighted by atomic mass is 10.1. The summed E-state index contributed by atoms with van der Waals surface area (Å²) in [6.45, 7) is 0.193. The normalized spacial score (nSPS) is 11.3. The van der Waals surface area contributed by atoms with E-state index in [1.807, 2.05) is 30.3 Å². The number of nitrogens with zero attached hydrogens (tertiary/aromatic N) is 2. The maximum Gasteiger partial charge on any atom is 0.416 e. The molecule has 0 aliphatic carbocycles. The second-order valence-electron chi connectivity index (χ2n) is 5.68. The molecule has 0 aliphatic rings. The van der Waals surface area contributed by atoms with Gasteiger partial charge in [0.1, 0.15) is 5.82 Å². The summed E-state index contributed by atoms with van der Waals surface area (Å²) in [5.74, 6) is 0.726. The first-order chi connectivity index (χ1) is 13.0. The number of aliphatic hydroxyl groups is 1. The fourth-order valence-corrected chi connectivity index (χ4v) is 2.41.